The minimum absolute atomic E-state index is 0.0683. The van der Waals surface area contributed by atoms with E-state index in [-0.39, 0.29) is 29.9 Å². The van der Waals surface area contributed by atoms with Gasteiger partial charge in [0, 0.05) is 34.9 Å². The van der Waals surface area contributed by atoms with Crippen LogP contribution in [0.15, 0.2) is 78.9 Å². The Hall–Kier alpha value is -3.30. The normalized spacial score (nSPS) is 24.6. The van der Waals surface area contributed by atoms with Gasteiger partial charge < -0.3 is 24.9 Å². The number of hydrogen-bond donors (Lipinski definition) is 3. The van der Waals surface area contributed by atoms with Gasteiger partial charge in [-0.1, -0.05) is 55.5 Å². The zero-order valence-electron chi connectivity index (χ0n) is 21.9. The predicted molar refractivity (Wildman–Crippen MR) is 149 cm³/mol. The van der Waals surface area contributed by atoms with E-state index < -0.39 is 20.0 Å². The largest absolute Gasteiger partial charge is 0.432 e. The average Bonchev–Trinajstić information content (AvgIpc) is 3.33. The molecule has 1 spiro atoms. The van der Waals surface area contributed by atoms with Crippen molar-refractivity contribution in [1.29, 1.82) is 0 Å². The number of ether oxygens (including phenoxy) is 1. The maximum Gasteiger partial charge on any atom is 0.264 e. The first kappa shape index (κ1) is 26.3. The van der Waals surface area contributed by atoms with Crippen molar-refractivity contribution >= 4 is 31.5 Å². The van der Waals surface area contributed by atoms with Crippen molar-refractivity contribution in [3.05, 3.63) is 95.6 Å². The summed E-state index contributed by atoms with van der Waals surface area (Å²) in [4.78, 5) is 39.6. The van der Waals surface area contributed by atoms with Gasteiger partial charge in [0.25, 0.3) is 11.8 Å². The number of carbonyl (C=O) groups excluding carboxylic acids is 2. The summed E-state index contributed by atoms with van der Waals surface area (Å²) < 4.78 is 6.59. The molecule has 7 nitrogen and oxygen atoms in total. The Morgan fingerprint density at radius 3 is 2.34 bits per heavy atom. The van der Waals surface area contributed by atoms with Crippen molar-refractivity contribution in [1.82, 2.24) is 0 Å². The van der Waals surface area contributed by atoms with Gasteiger partial charge in [-0.2, -0.15) is 0 Å². The molecule has 2 aliphatic heterocycles. The van der Waals surface area contributed by atoms with Crippen molar-refractivity contribution in [3.63, 3.8) is 0 Å². The molecule has 198 valence electrons. The molecule has 3 aromatic rings. The first-order valence-electron chi connectivity index (χ1n) is 13.0. The molecule has 1 saturated heterocycles. The van der Waals surface area contributed by atoms with E-state index in [0.29, 0.717) is 24.2 Å². The average molecular weight is 531 g/mol. The maximum absolute atomic E-state index is 14.2. The number of hydrogen-bond acceptors (Lipinski definition) is 5. The highest BCUT2D eigenvalue weighted by molar-refractivity contribution is 6.71. The molecule has 0 radical (unpaired) electrons. The van der Waals surface area contributed by atoms with Crippen molar-refractivity contribution in [3.8, 4) is 0 Å². The summed E-state index contributed by atoms with van der Waals surface area (Å²) in [6, 6.07) is 24.2. The van der Waals surface area contributed by atoms with Crippen LogP contribution in [0.25, 0.3) is 0 Å². The molecule has 5 rings (SSSR count). The van der Waals surface area contributed by atoms with Gasteiger partial charge in [0.05, 0.1) is 18.3 Å². The van der Waals surface area contributed by atoms with E-state index in [1.165, 1.54) is 0 Å². The molecular weight excluding hydrogens is 496 g/mol. The number of anilines is 2. The van der Waals surface area contributed by atoms with Gasteiger partial charge in [0.2, 0.25) is 0 Å². The van der Waals surface area contributed by atoms with Crippen LogP contribution < -0.4 is 10.2 Å². The molecule has 0 unspecified atom stereocenters. The lowest BCUT2D eigenvalue weighted by Gasteiger charge is -2.32. The van der Waals surface area contributed by atoms with Crippen LogP contribution in [-0.4, -0.2) is 42.7 Å². The Balaban J connectivity index is 1.41. The maximum atomic E-state index is 14.2. The third-order valence-corrected chi connectivity index (χ3v) is 10.4. The Morgan fingerprint density at radius 2 is 1.68 bits per heavy atom. The van der Waals surface area contributed by atoms with E-state index in [2.05, 4.69) is 5.32 Å². The lowest BCUT2D eigenvalue weighted by Crippen LogP contribution is -2.46. The van der Waals surface area contributed by atoms with Gasteiger partial charge in [-0.3, -0.25) is 9.59 Å². The Morgan fingerprint density at radius 1 is 1.03 bits per heavy atom. The number of rotatable bonds is 7. The first-order valence-corrected chi connectivity index (χ1v) is 16.1. The number of carbonyl (C=O) groups is 2. The minimum Gasteiger partial charge on any atom is -0.432 e. The summed E-state index contributed by atoms with van der Waals surface area (Å²) in [5.74, 6) is -0.574. The lowest BCUT2D eigenvalue weighted by molar-refractivity contribution is -0.146. The van der Waals surface area contributed by atoms with Gasteiger partial charge in [-0.25, -0.2) is 0 Å². The summed E-state index contributed by atoms with van der Waals surface area (Å²) in [7, 11) is -2.71. The Kier molecular flexibility index (Phi) is 7.00. The van der Waals surface area contributed by atoms with Crippen LogP contribution in [0, 0.1) is 5.92 Å². The molecule has 2 amide bonds. The summed E-state index contributed by atoms with van der Waals surface area (Å²) in [5.41, 5.74) is 2.38. The van der Waals surface area contributed by atoms with E-state index in [9.17, 15) is 19.5 Å². The summed E-state index contributed by atoms with van der Waals surface area (Å²) in [6.07, 6.45) is -0.0227. The highest BCUT2D eigenvalue weighted by atomic mass is 28.4. The predicted octanol–water partition coefficient (Wildman–Crippen LogP) is 4.67. The second-order valence-corrected chi connectivity index (χ2v) is 14.8. The van der Waals surface area contributed by atoms with Crippen LogP contribution in [0.5, 0.6) is 0 Å². The molecule has 38 heavy (non-hydrogen) atoms. The summed E-state index contributed by atoms with van der Waals surface area (Å²) >= 11 is 0. The van der Waals surface area contributed by atoms with Gasteiger partial charge >= 0.3 is 0 Å². The molecule has 0 bridgehead atoms. The van der Waals surface area contributed by atoms with Crippen molar-refractivity contribution < 1.29 is 24.2 Å². The van der Waals surface area contributed by atoms with Gasteiger partial charge in [0.15, 0.2) is 13.9 Å². The van der Waals surface area contributed by atoms with E-state index in [1.54, 1.807) is 17.0 Å². The number of nitrogens with zero attached hydrogens (tertiary/aromatic N) is 1. The molecule has 1 fully saturated rings. The zero-order valence-corrected chi connectivity index (χ0v) is 22.9. The van der Waals surface area contributed by atoms with Gasteiger partial charge in [0.1, 0.15) is 0 Å². The zero-order chi connectivity index (χ0) is 27.1. The molecule has 2 aliphatic rings. The highest BCUT2D eigenvalue weighted by Crippen LogP contribution is 2.59. The molecule has 8 heteroatoms. The van der Waals surface area contributed by atoms with Crippen molar-refractivity contribution in [2.45, 2.75) is 50.2 Å². The van der Waals surface area contributed by atoms with Crippen LogP contribution >= 0.6 is 0 Å². The highest BCUT2D eigenvalue weighted by Gasteiger charge is 2.65. The second-order valence-electron chi connectivity index (χ2n) is 10.8. The van der Waals surface area contributed by atoms with Gasteiger partial charge in [-0.05, 0) is 55.4 Å². The minimum atomic E-state index is -2.71. The number of aliphatic hydroxyl groups is 1. The van der Waals surface area contributed by atoms with Crippen LogP contribution in [0.3, 0.4) is 0 Å². The Labute approximate surface area is 224 Å². The molecule has 2 heterocycles. The molecule has 0 aromatic heterocycles. The van der Waals surface area contributed by atoms with Crippen LogP contribution in [0.4, 0.5) is 11.4 Å². The molecule has 4 atom stereocenters. The van der Waals surface area contributed by atoms with E-state index in [4.69, 9.17) is 4.74 Å². The number of benzene rings is 3. The smallest absolute Gasteiger partial charge is 0.264 e. The number of nitrogens with one attached hydrogen (secondary N) is 1. The number of fused-ring (bicyclic) bond motifs is 2. The van der Waals surface area contributed by atoms with Crippen molar-refractivity contribution in [2.24, 2.45) is 5.92 Å². The number of amides is 2. The number of para-hydroxylation sites is 1. The Bertz CT molecular complexity index is 1320. The monoisotopic (exact) mass is 530 g/mol. The molecule has 3 aromatic carbocycles. The topological polar surface area (TPSA) is 99.1 Å². The van der Waals surface area contributed by atoms with Crippen LogP contribution in [0.1, 0.15) is 34.8 Å². The van der Waals surface area contributed by atoms with Gasteiger partial charge in [-0.15, -0.1) is 0 Å². The van der Waals surface area contributed by atoms with Crippen LogP contribution in [0.2, 0.25) is 18.6 Å². The molecular formula is C30H34N2O5Si. The summed E-state index contributed by atoms with van der Waals surface area (Å²) in [6.45, 7) is 6.02. The van der Waals surface area contributed by atoms with E-state index >= 15 is 0 Å². The van der Waals surface area contributed by atoms with E-state index in [1.807, 2.05) is 86.7 Å². The SMILES string of the molecule is C[C@H]1[C@H]([Si](C)(C)O)[C@@H](CCO)O[C@]12C(=O)N(Cc1ccc(NC(=O)c3ccccc3)cc1)c1ccccc12. The fourth-order valence-corrected chi connectivity index (χ4v) is 8.86. The molecule has 0 aliphatic carbocycles. The quantitative estimate of drug-likeness (QED) is 0.386. The number of aliphatic hydroxyl groups excluding tert-OH is 1. The third-order valence-electron chi connectivity index (χ3n) is 7.89. The van der Waals surface area contributed by atoms with E-state index in [0.717, 1.165) is 16.8 Å². The second kappa shape index (κ2) is 10.1. The first-order chi connectivity index (χ1) is 18.2. The van der Waals surface area contributed by atoms with Crippen molar-refractivity contribution in [2.75, 3.05) is 16.8 Å². The fraction of sp³-hybridized carbons (Fsp3) is 0.333. The van der Waals surface area contributed by atoms with Crippen LogP contribution in [-0.2, 0) is 21.7 Å². The summed E-state index contributed by atoms with van der Waals surface area (Å²) in [5, 5.41) is 12.6. The lowest BCUT2D eigenvalue weighted by atomic mass is 9.82. The molecule has 3 N–H and O–H groups in total. The third kappa shape index (κ3) is 4.47. The fourth-order valence-electron chi connectivity index (χ4n) is 6.25. The molecule has 0 saturated carbocycles. The standard InChI is InChI=1S/C30H34N2O5Si/c1-20-27(38(2,3)36)26(17-18-33)37-30(20)24-11-7-8-12-25(24)32(29(30)35)19-21-13-15-23(16-14-21)31-28(34)22-9-5-4-6-10-22/h4-16,20,26-27,33,36H,17-19H2,1-3H3,(H,31,34)/t20-,26+,27-,30+/m0/s1.